The summed E-state index contributed by atoms with van der Waals surface area (Å²) in [4.78, 5) is 32.6. The van der Waals surface area contributed by atoms with Gasteiger partial charge in [0.25, 0.3) is 0 Å². The number of likely N-dealkylation sites (tertiary alicyclic amines) is 1. The van der Waals surface area contributed by atoms with Crippen LogP contribution in [0.2, 0.25) is 5.02 Å². The Morgan fingerprint density at radius 3 is 2.73 bits per heavy atom. The zero-order chi connectivity index (χ0) is 30.3. The molecule has 0 saturated carbocycles. The van der Waals surface area contributed by atoms with Crippen LogP contribution < -0.4 is 15.4 Å². The highest BCUT2D eigenvalue weighted by molar-refractivity contribution is 7.22. The number of fused-ring (bicyclic) bond motifs is 4. The summed E-state index contributed by atoms with van der Waals surface area (Å²) < 4.78 is 37.9. The highest BCUT2D eigenvalue weighted by Crippen LogP contribution is 2.45. The minimum Gasteiger partial charge on any atom is -0.461 e. The fourth-order valence-electron chi connectivity index (χ4n) is 7.80. The normalized spacial score (nSPS) is 22.4. The van der Waals surface area contributed by atoms with E-state index in [1.807, 2.05) is 4.90 Å². The second kappa shape index (κ2) is 10.2. The number of carbonyl (C=O) groups is 1. The smallest absolute Gasteiger partial charge is 0.319 e. The van der Waals surface area contributed by atoms with Crippen LogP contribution >= 0.6 is 22.9 Å². The first-order valence-electron chi connectivity index (χ1n) is 14.9. The number of benzene rings is 2. The van der Waals surface area contributed by atoms with Gasteiger partial charge in [0.1, 0.15) is 23.8 Å². The molecule has 4 saturated heterocycles. The van der Waals surface area contributed by atoms with Crippen molar-refractivity contribution in [1.29, 1.82) is 0 Å². The predicted octanol–water partition coefficient (Wildman–Crippen LogP) is 5.40. The summed E-state index contributed by atoms with van der Waals surface area (Å²) in [5.41, 5.74) is 6.54. The van der Waals surface area contributed by atoms with E-state index >= 15 is 4.39 Å². The van der Waals surface area contributed by atoms with E-state index in [0.717, 1.165) is 56.5 Å². The van der Waals surface area contributed by atoms with E-state index in [2.05, 4.69) is 26.3 Å². The molecule has 13 heteroatoms. The minimum atomic E-state index is -0.672. The quantitative estimate of drug-likeness (QED) is 0.281. The molecule has 1 amide bonds. The average molecular weight is 638 g/mol. The lowest BCUT2D eigenvalue weighted by molar-refractivity contribution is -0.127. The lowest BCUT2D eigenvalue weighted by Crippen LogP contribution is -2.63. The molecule has 0 bridgehead atoms. The second-order valence-corrected chi connectivity index (χ2v) is 13.6. The molecular formula is C31H30ClF2N7O2S. The van der Waals surface area contributed by atoms with Crippen LogP contribution in [-0.4, -0.2) is 81.1 Å². The number of halogens is 3. The Morgan fingerprint density at radius 1 is 1.16 bits per heavy atom. The Labute approximate surface area is 261 Å². The van der Waals surface area contributed by atoms with Gasteiger partial charge in [0.15, 0.2) is 10.9 Å². The largest absolute Gasteiger partial charge is 0.461 e. The van der Waals surface area contributed by atoms with E-state index in [0.29, 0.717) is 36.5 Å². The topological polar surface area (TPSA) is 101 Å². The van der Waals surface area contributed by atoms with Crippen LogP contribution in [0.15, 0.2) is 30.9 Å². The van der Waals surface area contributed by atoms with Crippen LogP contribution in [0.5, 0.6) is 6.01 Å². The third-order valence-corrected chi connectivity index (χ3v) is 11.1. The molecular weight excluding hydrogens is 608 g/mol. The fraction of sp³-hybridized carbons (Fsp3) is 0.419. The molecule has 8 rings (SSSR count). The molecule has 228 valence electrons. The Balaban J connectivity index is 1.25. The molecule has 2 aromatic heterocycles. The Morgan fingerprint density at radius 2 is 1.95 bits per heavy atom. The summed E-state index contributed by atoms with van der Waals surface area (Å²) in [5.74, 6) is -0.747. The van der Waals surface area contributed by atoms with Crippen molar-refractivity contribution in [2.45, 2.75) is 49.7 Å². The molecule has 0 unspecified atom stereocenters. The van der Waals surface area contributed by atoms with E-state index in [4.69, 9.17) is 27.1 Å². The number of nitrogen functional groups attached to an aromatic ring is 1. The van der Waals surface area contributed by atoms with Crippen molar-refractivity contribution in [3.05, 3.63) is 47.5 Å². The molecule has 0 aliphatic carbocycles. The van der Waals surface area contributed by atoms with Crippen LogP contribution in [0.1, 0.15) is 32.1 Å². The zero-order valence-electron chi connectivity index (χ0n) is 23.9. The molecule has 0 radical (unpaired) electrons. The summed E-state index contributed by atoms with van der Waals surface area (Å²) in [6.07, 6.45) is 6.41. The summed E-state index contributed by atoms with van der Waals surface area (Å²) >= 11 is 7.80. The highest BCUT2D eigenvalue weighted by Gasteiger charge is 2.50. The summed E-state index contributed by atoms with van der Waals surface area (Å²) in [6, 6.07) is 4.50. The van der Waals surface area contributed by atoms with Gasteiger partial charge in [-0.1, -0.05) is 29.5 Å². The molecule has 4 aliphatic heterocycles. The Hall–Kier alpha value is -3.61. The van der Waals surface area contributed by atoms with Crippen molar-refractivity contribution in [1.82, 2.24) is 24.8 Å². The summed E-state index contributed by atoms with van der Waals surface area (Å²) in [5, 5.41) is 0.726. The Kier molecular flexibility index (Phi) is 6.48. The van der Waals surface area contributed by atoms with Gasteiger partial charge in [-0.05, 0) is 69.5 Å². The van der Waals surface area contributed by atoms with Gasteiger partial charge in [0.05, 0.1) is 32.9 Å². The highest BCUT2D eigenvalue weighted by atomic mass is 35.5. The van der Waals surface area contributed by atoms with Crippen LogP contribution in [0.3, 0.4) is 0 Å². The second-order valence-electron chi connectivity index (χ2n) is 12.1. The fourth-order valence-corrected chi connectivity index (χ4v) is 8.86. The average Bonchev–Trinajstić information content (AvgIpc) is 3.76. The third kappa shape index (κ3) is 4.10. The molecule has 2 atom stereocenters. The summed E-state index contributed by atoms with van der Waals surface area (Å²) in [6.45, 7) is 7.30. The van der Waals surface area contributed by atoms with Crippen molar-refractivity contribution in [3.8, 4) is 17.1 Å². The van der Waals surface area contributed by atoms with Gasteiger partial charge >= 0.3 is 6.01 Å². The van der Waals surface area contributed by atoms with Crippen LogP contribution in [0.25, 0.3) is 32.2 Å². The van der Waals surface area contributed by atoms with Crippen LogP contribution in [0, 0.1) is 11.6 Å². The van der Waals surface area contributed by atoms with E-state index in [1.165, 1.54) is 18.2 Å². The van der Waals surface area contributed by atoms with Gasteiger partial charge < -0.3 is 20.3 Å². The van der Waals surface area contributed by atoms with Crippen molar-refractivity contribution in [2.24, 2.45) is 0 Å². The number of aromatic nitrogens is 3. The van der Waals surface area contributed by atoms with Gasteiger partial charge in [0, 0.05) is 29.6 Å². The van der Waals surface area contributed by atoms with Gasteiger partial charge in [-0.3, -0.25) is 9.69 Å². The predicted molar refractivity (Wildman–Crippen MR) is 167 cm³/mol. The standard InChI is InChI=1S/C31H30ClF2N7O2S/c1-2-22(42)40-12-7-20-21(40)14-41(20)28-17-13-18(32)23(16-5-6-19(33)27-26(16)36-29(35)44-27)24(34)25(17)37-30(38-28)43-15-31-8-3-10-39(31)11-4-9-31/h2,5-6,13,20-21H,1,3-4,7-12,14-15H2,(H2,35,36)/t20-,21-/m1/s1. The van der Waals surface area contributed by atoms with Gasteiger partial charge in [0.2, 0.25) is 5.91 Å². The van der Waals surface area contributed by atoms with Gasteiger partial charge in [-0.2, -0.15) is 9.97 Å². The maximum atomic E-state index is 16.8. The number of amides is 1. The van der Waals surface area contributed by atoms with Crippen LogP contribution in [-0.2, 0) is 4.79 Å². The molecule has 44 heavy (non-hydrogen) atoms. The molecule has 0 spiro atoms. The van der Waals surface area contributed by atoms with Gasteiger partial charge in [-0.25, -0.2) is 13.8 Å². The maximum absolute atomic E-state index is 16.8. The van der Waals surface area contributed by atoms with Crippen molar-refractivity contribution in [3.63, 3.8) is 0 Å². The number of rotatable bonds is 6. The number of hydrogen-bond acceptors (Lipinski definition) is 9. The van der Waals surface area contributed by atoms with E-state index in [9.17, 15) is 9.18 Å². The van der Waals surface area contributed by atoms with Gasteiger partial charge in [-0.15, -0.1) is 0 Å². The lowest BCUT2D eigenvalue weighted by atomic mass is 9.95. The first-order chi connectivity index (χ1) is 21.3. The van der Waals surface area contributed by atoms with Crippen molar-refractivity contribution in [2.75, 3.05) is 43.4 Å². The molecule has 9 nitrogen and oxygen atoms in total. The lowest BCUT2D eigenvalue weighted by Gasteiger charge is -2.47. The molecule has 4 aromatic rings. The monoisotopic (exact) mass is 637 g/mol. The van der Waals surface area contributed by atoms with E-state index in [1.54, 1.807) is 6.07 Å². The Bertz CT molecular complexity index is 1860. The molecule has 4 fully saturated rings. The molecule has 2 aromatic carbocycles. The molecule has 4 aliphatic rings. The van der Waals surface area contributed by atoms with Crippen LogP contribution in [0.4, 0.5) is 19.7 Å². The molecule has 6 heterocycles. The zero-order valence-corrected chi connectivity index (χ0v) is 25.4. The number of nitrogens with two attached hydrogens (primary N) is 1. The summed E-state index contributed by atoms with van der Waals surface area (Å²) in [7, 11) is 0. The number of carbonyl (C=O) groups excluding carboxylic acids is 1. The number of nitrogens with zero attached hydrogens (tertiary/aromatic N) is 6. The van der Waals surface area contributed by atoms with Crippen molar-refractivity contribution >= 4 is 60.9 Å². The number of ether oxygens (including phenoxy) is 1. The SMILES string of the molecule is C=CC(=O)N1CC[C@@H]2[C@H]1CN2c1nc(OCC23CCCN2CCC3)nc2c(F)c(-c3ccc(F)c4sc(N)nc34)c(Cl)cc12. The van der Waals surface area contributed by atoms with E-state index < -0.39 is 11.6 Å². The minimum absolute atomic E-state index is 0.0137. The number of hydrogen-bond donors (Lipinski definition) is 1. The maximum Gasteiger partial charge on any atom is 0.319 e. The van der Waals surface area contributed by atoms with Crippen molar-refractivity contribution < 1.29 is 18.3 Å². The first kappa shape index (κ1) is 27.9. The third-order valence-electron chi connectivity index (χ3n) is 9.93. The number of anilines is 2. The number of thiazole rings is 1. The molecule has 2 N–H and O–H groups in total. The van der Waals surface area contributed by atoms with E-state index in [-0.39, 0.29) is 61.0 Å². The first-order valence-corrected chi connectivity index (χ1v) is 16.1.